The molecular formula is C12H14BrFN2O. The summed E-state index contributed by atoms with van der Waals surface area (Å²) in [6.07, 6.45) is 0.929. The first-order valence-corrected chi connectivity index (χ1v) is 6.38. The van der Waals surface area contributed by atoms with Crippen molar-refractivity contribution < 1.29 is 9.18 Å². The van der Waals surface area contributed by atoms with Crippen molar-refractivity contribution in [1.29, 1.82) is 0 Å². The van der Waals surface area contributed by atoms with Crippen LogP contribution in [0.4, 0.5) is 4.39 Å². The van der Waals surface area contributed by atoms with E-state index in [-0.39, 0.29) is 11.7 Å². The SMILES string of the molecule is O=C1CN(Cc2cccc(F)c2Br)CCCN1. The van der Waals surface area contributed by atoms with Gasteiger partial charge < -0.3 is 5.32 Å². The van der Waals surface area contributed by atoms with Crippen LogP contribution in [0.1, 0.15) is 12.0 Å². The van der Waals surface area contributed by atoms with E-state index in [4.69, 9.17) is 0 Å². The van der Waals surface area contributed by atoms with E-state index in [1.54, 1.807) is 6.07 Å². The zero-order valence-electron chi connectivity index (χ0n) is 9.38. The Kier molecular flexibility index (Phi) is 4.12. The number of halogens is 2. The minimum atomic E-state index is -0.262. The molecule has 0 saturated carbocycles. The lowest BCUT2D eigenvalue weighted by Gasteiger charge is -2.19. The molecule has 1 aliphatic heterocycles. The van der Waals surface area contributed by atoms with Crippen LogP contribution in [0.25, 0.3) is 0 Å². The van der Waals surface area contributed by atoms with Crippen molar-refractivity contribution in [3.8, 4) is 0 Å². The van der Waals surface area contributed by atoms with E-state index in [1.807, 2.05) is 11.0 Å². The lowest BCUT2D eigenvalue weighted by Crippen LogP contribution is -2.32. The Bertz CT molecular complexity index is 425. The second-order valence-electron chi connectivity index (χ2n) is 4.13. The predicted octanol–water partition coefficient (Wildman–Crippen LogP) is 1.91. The Labute approximate surface area is 108 Å². The number of carbonyl (C=O) groups is 1. The lowest BCUT2D eigenvalue weighted by molar-refractivity contribution is -0.121. The van der Waals surface area contributed by atoms with Gasteiger partial charge in [0, 0.05) is 19.6 Å². The Hall–Kier alpha value is -0.940. The second-order valence-corrected chi connectivity index (χ2v) is 4.92. The molecule has 17 heavy (non-hydrogen) atoms. The molecule has 0 aliphatic carbocycles. The number of hydrogen-bond acceptors (Lipinski definition) is 2. The largest absolute Gasteiger partial charge is 0.355 e. The zero-order chi connectivity index (χ0) is 12.3. The minimum absolute atomic E-state index is 0.0371. The van der Waals surface area contributed by atoms with Crippen LogP contribution in [-0.2, 0) is 11.3 Å². The highest BCUT2D eigenvalue weighted by molar-refractivity contribution is 9.10. The molecule has 0 bridgehead atoms. The van der Waals surface area contributed by atoms with Gasteiger partial charge in [-0.25, -0.2) is 4.39 Å². The second kappa shape index (κ2) is 5.60. The number of benzene rings is 1. The molecule has 1 fully saturated rings. The van der Waals surface area contributed by atoms with Crippen LogP contribution < -0.4 is 5.32 Å². The number of rotatable bonds is 2. The third-order valence-electron chi connectivity index (χ3n) is 2.77. The van der Waals surface area contributed by atoms with Gasteiger partial charge in [-0.2, -0.15) is 0 Å². The summed E-state index contributed by atoms with van der Waals surface area (Å²) in [5, 5.41) is 2.82. The quantitative estimate of drug-likeness (QED) is 0.905. The van der Waals surface area contributed by atoms with Crippen LogP contribution in [-0.4, -0.2) is 30.4 Å². The van der Waals surface area contributed by atoms with Crippen molar-refractivity contribution >= 4 is 21.8 Å². The molecule has 1 aromatic rings. The highest BCUT2D eigenvalue weighted by atomic mass is 79.9. The summed E-state index contributed by atoms with van der Waals surface area (Å²) in [5.41, 5.74) is 0.875. The van der Waals surface area contributed by atoms with Crippen LogP contribution >= 0.6 is 15.9 Å². The van der Waals surface area contributed by atoms with Crippen molar-refractivity contribution in [2.75, 3.05) is 19.6 Å². The predicted molar refractivity (Wildman–Crippen MR) is 67.0 cm³/mol. The first kappa shape index (κ1) is 12.5. The molecule has 1 aliphatic rings. The van der Waals surface area contributed by atoms with Gasteiger partial charge in [0.15, 0.2) is 0 Å². The summed E-state index contributed by atoms with van der Waals surface area (Å²) in [6.45, 7) is 2.54. The van der Waals surface area contributed by atoms with Crippen molar-refractivity contribution in [3.05, 3.63) is 34.1 Å². The third kappa shape index (κ3) is 3.26. The van der Waals surface area contributed by atoms with Gasteiger partial charge in [0.2, 0.25) is 5.91 Å². The van der Waals surface area contributed by atoms with Gasteiger partial charge in [-0.1, -0.05) is 12.1 Å². The molecule has 0 radical (unpaired) electrons. The molecule has 5 heteroatoms. The molecule has 3 nitrogen and oxygen atoms in total. The van der Waals surface area contributed by atoms with Crippen molar-refractivity contribution in [2.24, 2.45) is 0 Å². The van der Waals surface area contributed by atoms with Gasteiger partial charge in [-0.15, -0.1) is 0 Å². The number of carbonyl (C=O) groups excluding carboxylic acids is 1. The maximum Gasteiger partial charge on any atom is 0.234 e. The molecule has 0 spiro atoms. The molecule has 1 amide bonds. The van der Waals surface area contributed by atoms with Gasteiger partial charge in [0.1, 0.15) is 5.82 Å². The maximum absolute atomic E-state index is 13.3. The van der Waals surface area contributed by atoms with Crippen LogP contribution in [0.15, 0.2) is 22.7 Å². The van der Waals surface area contributed by atoms with Gasteiger partial charge in [-0.05, 0) is 34.0 Å². The topological polar surface area (TPSA) is 32.3 Å². The monoisotopic (exact) mass is 300 g/mol. The van der Waals surface area contributed by atoms with E-state index in [2.05, 4.69) is 21.2 Å². The summed E-state index contributed by atoms with van der Waals surface area (Å²) >= 11 is 3.24. The fourth-order valence-corrected chi connectivity index (χ4v) is 2.30. The Morgan fingerprint density at radius 2 is 2.29 bits per heavy atom. The number of hydrogen-bond donors (Lipinski definition) is 1. The molecule has 92 valence electrons. The first-order chi connectivity index (χ1) is 8.16. The minimum Gasteiger partial charge on any atom is -0.355 e. The van der Waals surface area contributed by atoms with E-state index in [0.29, 0.717) is 17.6 Å². The van der Waals surface area contributed by atoms with Crippen molar-refractivity contribution in [2.45, 2.75) is 13.0 Å². The zero-order valence-corrected chi connectivity index (χ0v) is 11.0. The number of amides is 1. The summed E-state index contributed by atoms with van der Waals surface area (Å²) < 4.78 is 13.8. The van der Waals surface area contributed by atoms with Gasteiger partial charge in [0.05, 0.1) is 11.0 Å². The number of nitrogens with zero attached hydrogens (tertiary/aromatic N) is 1. The van der Waals surface area contributed by atoms with Gasteiger partial charge >= 0.3 is 0 Å². The van der Waals surface area contributed by atoms with E-state index in [0.717, 1.165) is 25.1 Å². The molecule has 1 aromatic carbocycles. The van der Waals surface area contributed by atoms with E-state index in [1.165, 1.54) is 6.07 Å². The summed E-state index contributed by atoms with van der Waals surface area (Å²) in [4.78, 5) is 13.4. The fourth-order valence-electron chi connectivity index (χ4n) is 1.91. The van der Waals surface area contributed by atoms with E-state index in [9.17, 15) is 9.18 Å². The van der Waals surface area contributed by atoms with E-state index < -0.39 is 0 Å². The highest BCUT2D eigenvalue weighted by Crippen LogP contribution is 2.22. The molecule has 0 aromatic heterocycles. The molecule has 2 rings (SSSR count). The average molecular weight is 301 g/mol. The molecular weight excluding hydrogens is 287 g/mol. The summed E-state index contributed by atoms with van der Waals surface area (Å²) in [7, 11) is 0. The fraction of sp³-hybridized carbons (Fsp3) is 0.417. The van der Waals surface area contributed by atoms with Crippen molar-refractivity contribution in [1.82, 2.24) is 10.2 Å². The Morgan fingerprint density at radius 1 is 1.47 bits per heavy atom. The van der Waals surface area contributed by atoms with Gasteiger partial charge in [-0.3, -0.25) is 9.69 Å². The molecule has 1 heterocycles. The van der Waals surface area contributed by atoms with E-state index >= 15 is 0 Å². The van der Waals surface area contributed by atoms with Crippen LogP contribution in [0, 0.1) is 5.82 Å². The smallest absolute Gasteiger partial charge is 0.234 e. The van der Waals surface area contributed by atoms with Gasteiger partial charge in [0.25, 0.3) is 0 Å². The first-order valence-electron chi connectivity index (χ1n) is 5.59. The lowest BCUT2D eigenvalue weighted by atomic mass is 10.2. The Balaban J connectivity index is 2.09. The highest BCUT2D eigenvalue weighted by Gasteiger charge is 2.16. The standard InChI is InChI=1S/C12H14BrFN2O/c13-12-9(3-1-4-10(12)14)7-16-6-2-5-15-11(17)8-16/h1,3-4H,2,5-8H2,(H,15,17). The maximum atomic E-state index is 13.3. The van der Waals surface area contributed by atoms with Crippen LogP contribution in [0.3, 0.4) is 0 Å². The summed E-state index contributed by atoms with van der Waals surface area (Å²) in [5.74, 6) is -0.225. The molecule has 1 saturated heterocycles. The van der Waals surface area contributed by atoms with Crippen molar-refractivity contribution in [3.63, 3.8) is 0 Å². The number of nitrogens with one attached hydrogen (secondary N) is 1. The van der Waals surface area contributed by atoms with Crippen LogP contribution in [0.5, 0.6) is 0 Å². The normalized spacial score (nSPS) is 17.6. The molecule has 0 atom stereocenters. The summed E-state index contributed by atoms with van der Waals surface area (Å²) in [6, 6.07) is 4.98. The third-order valence-corrected chi connectivity index (χ3v) is 3.65. The Morgan fingerprint density at radius 3 is 3.12 bits per heavy atom. The molecule has 0 unspecified atom stereocenters. The van der Waals surface area contributed by atoms with Crippen LogP contribution in [0.2, 0.25) is 0 Å². The molecule has 1 N–H and O–H groups in total. The average Bonchev–Trinajstić information content (AvgIpc) is 2.49.